The largest absolute Gasteiger partial charge is 0.486 e. The highest BCUT2D eigenvalue weighted by Crippen LogP contribution is 2.32. The highest BCUT2D eigenvalue weighted by atomic mass is 35.5. The van der Waals surface area contributed by atoms with Crippen molar-refractivity contribution in [1.29, 1.82) is 0 Å². The monoisotopic (exact) mass is 242 g/mol. The van der Waals surface area contributed by atoms with E-state index < -0.39 is 0 Å². The number of hydrogen-bond donors (Lipinski definition) is 0. The molecular weight excluding hydrogens is 236 g/mol. The van der Waals surface area contributed by atoms with Gasteiger partial charge in [-0.05, 0) is 35.3 Å². The molecule has 1 aromatic heterocycles. The van der Waals surface area contributed by atoms with Crippen LogP contribution < -0.4 is 4.74 Å². The van der Waals surface area contributed by atoms with E-state index in [1.54, 1.807) is 13.2 Å². The van der Waals surface area contributed by atoms with E-state index in [4.69, 9.17) is 16.3 Å². The first-order valence-corrected chi connectivity index (χ1v) is 6.07. The summed E-state index contributed by atoms with van der Waals surface area (Å²) < 4.78 is 5.77. The SMILES string of the molecule is COc1sc(Cl)cc1C#CC#CSC. The van der Waals surface area contributed by atoms with Gasteiger partial charge in [-0.15, -0.1) is 0 Å². The van der Waals surface area contributed by atoms with E-state index in [1.165, 1.54) is 23.1 Å². The maximum absolute atomic E-state index is 5.82. The minimum atomic E-state index is 0.670. The van der Waals surface area contributed by atoms with Crippen molar-refractivity contribution in [3.63, 3.8) is 0 Å². The van der Waals surface area contributed by atoms with Crippen molar-refractivity contribution in [2.75, 3.05) is 13.4 Å². The smallest absolute Gasteiger partial charge is 0.190 e. The fourth-order valence-electron chi connectivity index (χ4n) is 0.759. The molecule has 0 fully saturated rings. The van der Waals surface area contributed by atoms with Crippen LogP contribution in [-0.4, -0.2) is 13.4 Å². The van der Waals surface area contributed by atoms with Gasteiger partial charge in [0, 0.05) is 0 Å². The third kappa shape index (κ3) is 3.20. The molecule has 0 aliphatic heterocycles. The zero-order chi connectivity index (χ0) is 10.4. The molecule has 4 heteroatoms. The van der Waals surface area contributed by atoms with Crippen LogP contribution in [0, 0.1) is 23.0 Å². The number of ether oxygens (including phenoxy) is 1. The molecule has 1 aromatic rings. The fourth-order valence-corrected chi connectivity index (χ4v) is 1.89. The van der Waals surface area contributed by atoms with Crippen molar-refractivity contribution >= 4 is 34.7 Å². The molecule has 0 amide bonds. The standard InChI is InChI=1S/C10H7ClOS2/c1-12-10-8(7-9(11)14-10)5-3-4-6-13-2/h7H,1-2H3. The summed E-state index contributed by atoms with van der Waals surface area (Å²) in [6.45, 7) is 0. The molecule has 0 unspecified atom stereocenters. The average molecular weight is 243 g/mol. The lowest BCUT2D eigenvalue weighted by Crippen LogP contribution is -1.79. The Bertz CT molecular complexity index is 428. The van der Waals surface area contributed by atoms with Crippen molar-refractivity contribution in [3.05, 3.63) is 16.0 Å². The summed E-state index contributed by atoms with van der Waals surface area (Å²) in [5, 5.41) is 3.52. The maximum atomic E-state index is 5.82. The molecule has 0 saturated carbocycles. The van der Waals surface area contributed by atoms with Gasteiger partial charge < -0.3 is 4.74 Å². The van der Waals surface area contributed by atoms with Crippen molar-refractivity contribution in [3.8, 4) is 28.1 Å². The number of hydrogen-bond acceptors (Lipinski definition) is 3. The van der Waals surface area contributed by atoms with Crippen LogP contribution in [0.1, 0.15) is 5.56 Å². The Labute approximate surface area is 96.8 Å². The third-order valence-electron chi connectivity index (χ3n) is 1.27. The van der Waals surface area contributed by atoms with E-state index in [0.717, 1.165) is 10.6 Å². The summed E-state index contributed by atoms with van der Waals surface area (Å²) in [5.41, 5.74) is 0.790. The van der Waals surface area contributed by atoms with Crippen LogP contribution in [0.4, 0.5) is 0 Å². The zero-order valence-corrected chi connectivity index (χ0v) is 10.1. The van der Waals surface area contributed by atoms with Gasteiger partial charge in [0.1, 0.15) is 0 Å². The fraction of sp³-hybridized carbons (Fsp3) is 0.200. The normalized spacial score (nSPS) is 8.21. The number of rotatable bonds is 1. The Morgan fingerprint density at radius 1 is 1.50 bits per heavy atom. The van der Waals surface area contributed by atoms with Crippen LogP contribution in [0.15, 0.2) is 6.07 Å². The summed E-state index contributed by atoms with van der Waals surface area (Å²) in [4.78, 5) is 0. The number of thiophene rings is 1. The molecular formula is C10H7ClOS2. The second-order valence-electron chi connectivity index (χ2n) is 2.14. The molecule has 0 aliphatic rings. The van der Waals surface area contributed by atoms with Crippen LogP contribution in [0.5, 0.6) is 5.06 Å². The predicted molar refractivity (Wildman–Crippen MR) is 64.1 cm³/mol. The molecule has 0 atom stereocenters. The Balaban J connectivity index is 2.88. The molecule has 1 nitrogen and oxygen atoms in total. The maximum Gasteiger partial charge on any atom is 0.190 e. The van der Waals surface area contributed by atoms with Crippen LogP contribution >= 0.6 is 34.7 Å². The zero-order valence-electron chi connectivity index (χ0n) is 7.68. The minimum absolute atomic E-state index is 0.670. The molecule has 14 heavy (non-hydrogen) atoms. The molecule has 72 valence electrons. The van der Waals surface area contributed by atoms with Gasteiger partial charge in [0.15, 0.2) is 5.06 Å². The Kier molecular flexibility index (Phi) is 4.76. The summed E-state index contributed by atoms with van der Waals surface area (Å²) in [7, 11) is 1.60. The lowest BCUT2D eigenvalue weighted by Gasteiger charge is -1.91. The van der Waals surface area contributed by atoms with E-state index in [1.807, 2.05) is 6.26 Å². The van der Waals surface area contributed by atoms with Gasteiger partial charge in [0.25, 0.3) is 0 Å². The van der Waals surface area contributed by atoms with E-state index in [0.29, 0.717) is 4.34 Å². The molecule has 0 N–H and O–H groups in total. The van der Waals surface area contributed by atoms with Crippen LogP contribution in [0.2, 0.25) is 4.34 Å². The van der Waals surface area contributed by atoms with E-state index in [9.17, 15) is 0 Å². The Hall–Kier alpha value is -0.740. The number of thioether (sulfide) groups is 1. The van der Waals surface area contributed by atoms with Gasteiger partial charge in [-0.25, -0.2) is 0 Å². The molecule has 0 radical (unpaired) electrons. The molecule has 0 aromatic carbocycles. The van der Waals surface area contributed by atoms with Gasteiger partial charge in [0.05, 0.1) is 17.0 Å². The van der Waals surface area contributed by atoms with Gasteiger partial charge in [-0.3, -0.25) is 0 Å². The molecule has 1 rings (SSSR count). The molecule has 0 aliphatic carbocycles. The van der Waals surface area contributed by atoms with Crippen LogP contribution in [0.25, 0.3) is 0 Å². The molecule has 0 saturated heterocycles. The Morgan fingerprint density at radius 2 is 2.29 bits per heavy atom. The third-order valence-corrected chi connectivity index (χ3v) is 2.80. The second kappa shape index (κ2) is 5.88. The average Bonchev–Trinajstić information content (AvgIpc) is 2.54. The molecule has 1 heterocycles. The summed E-state index contributed by atoms with van der Waals surface area (Å²) in [5.74, 6) is 8.31. The quantitative estimate of drug-likeness (QED) is 0.700. The lowest BCUT2D eigenvalue weighted by atomic mass is 10.3. The van der Waals surface area contributed by atoms with E-state index >= 15 is 0 Å². The van der Waals surface area contributed by atoms with Crippen molar-refractivity contribution in [2.24, 2.45) is 0 Å². The first-order chi connectivity index (χ1) is 6.77. The van der Waals surface area contributed by atoms with Crippen LogP contribution in [0.3, 0.4) is 0 Å². The van der Waals surface area contributed by atoms with Crippen molar-refractivity contribution in [1.82, 2.24) is 0 Å². The first kappa shape index (κ1) is 11.3. The summed E-state index contributed by atoms with van der Waals surface area (Å²) >= 11 is 8.61. The predicted octanol–water partition coefficient (Wildman–Crippen LogP) is 3.09. The van der Waals surface area contributed by atoms with E-state index in [2.05, 4.69) is 23.0 Å². The second-order valence-corrected chi connectivity index (χ2v) is 4.40. The first-order valence-electron chi connectivity index (χ1n) is 3.65. The van der Waals surface area contributed by atoms with Gasteiger partial charge >= 0.3 is 0 Å². The van der Waals surface area contributed by atoms with E-state index in [-0.39, 0.29) is 0 Å². The number of methoxy groups -OCH3 is 1. The van der Waals surface area contributed by atoms with Crippen molar-refractivity contribution in [2.45, 2.75) is 0 Å². The van der Waals surface area contributed by atoms with Gasteiger partial charge in [-0.1, -0.05) is 34.7 Å². The van der Waals surface area contributed by atoms with Crippen LogP contribution in [-0.2, 0) is 0 Å². The Morgan fingerprint density at radius 3 is 2.93 bits per heavy atom. The summed E-state index contributed by atoms with van der Waals surface area (Å²) in [6.07, 6.45) is 1.90. The highest BCUT2D eigenvalue weighted by Gasteiger charge is 2.04. The van der Waals surface area contributed by atoms with Crippen molar-refractivity contribution < 1.29 is 4.74 Å². The molecule has 0 bridgehead atoms. The summed E-state index contributed by atoms with van der Waals surface area (Å²) in [6, 6.07) is 1.78. The van der Waals surface area contributed by atoms with Gasteiger partial charge in [0.2, 0.25) is 0 Å². The minimum Gasteiger partial charge on any atom is -0.486 e. The topological polar surface area (TPSA) is 9.23 Å². The highest BCUT2D eigenvalue weighted by molar-refractivity contribution is 8.03. The lowest BCUT2D eigenvalue weighted by molar-refractivity contribution is 0.426. The van der Waals surface area contributed by atoms with Gasteiger partial charge in [-0.2, -0.15) is 0 Å². The number of halogens is 1. The molecule has 0 spiro atoms.